The third kappa shape index (κ3) is 2.25. The van der Waals surface area contributed by atoms with Crippen LogP contribution in [-0.4, -0.2) is 16.8 Å². The second kappa shape index (κ2) is 5.82. The first kappa shape index (κ1) is 15.5. The average molecular weight is 333 g/mol. The molecule has 5 nitrogen and oxygen atoms in total. The monoisotopic (exact) mass is 333 g/mol. The van der Waals surface area contributed by atoms with E-state index in [0.29, 0.717) is 0 Å². The van der Waals surface area contributed by atoms with Crippen LogP contribution in [0.5, 0.6) is 5.75 Å². The fourth-order valence-electron chi connectivity index (χ4n) is 3.83. The molecular formula is C20H19N3O2. The molecule has 0 saturated heterocycles. The van der Waals surface area contributed by atoms with Gasteiger partial charge in [0.05, 0.1) is 29.6 Å². The Morgan fingerprint density at radius 1 is 1.20 bits per heavy atom. The zero-order valence-corrected chi connectivity index (χ0v) is 14.6. The van der Waals surface area contributed by atoms with Gasteiger partial charge in [-0.15, -0.1) is 0 Å². The number of rotatable bonds is 3. The van der Waals surface area contributed by atoms with E-state index in [1.54, 1.807) is 7.11 Å². The van der Waals surface area contributed by atoms with Gasteiger partial charge >= 0.3 is 0 Å². The first-order chi connectivity index (χ1) is 12.2. The largest absolute Gasteiger partial charge is 0.497 e. The predicted molar refractivity (Wildman–Crippen MR) is 94.0 cm³/mol. The summed E-state index contributed by atoms with van der Waals surface area (Å²) in [5, 5.41) is 14.0. The van der Waals surface area contributed by atoms with E-state index in [-0.39, 0.29) is 0 Å². The quantitative estimate of drug-likeness (QED) is 0.723. The van der Waals surface area contributed by atoms with Crippen LogP contribution in [0.2, 0.25) is 0 Å². The lowest BCUT2D eigenvalue weighted by Gasteiger charge is -2.14. The Morgan fingerprint density at radius 3 is 2.56 bits per heavy atom. The van der Waals surface area contributed by atoms with Gasteiger partial charge in [0, 0.05) is 11.4 Å². The molecule has 0 unspecified atom stereocenters. The molecule has 2 heterocycles. The molecule has 2 aromatic heterocycles. The van der Waals surface area contributed by atoms with Crippen molar-refractivity contribution in [1.82, 2.24) is 9.72 Å². The molecule has 1 aromatic carbocycles. The number of benzene rings is 1. The number of fused-ring (bicyclic) bond motifs is 1. The number of ether oxygens (including phenoxy) is 1. The van der Waals surface area contributed by atoms with Crippen LogP contribution >= 0.6 is 0 Å². The highest BCUT2D eigenvalue weighted by Gasteiger charge is 2.30. The summed E-state index contributed by atoms with van der Waals surface area (Å²) in [6.07, 6.45) is 2.99. The molecule has 0 amide bonds. The standard InChI is InChI=1S/C20H19N3O2/c1-12-19(13(2)25-22-12)20-17(11-21)16-5-4-6-18(16)23(20)14-7-9-15(24-3)10-8-14/h7-10H,4-6H2,1-3H3. The van der Waals surface area contributed by atoms with Gasteiger partial charge in [0.1, 0.15) is 17.6 Å². The Bertz CT molecular complexity index is 968. The second-order valence-corrected chi connectivity index (χ2v) is 6.35. The van der Waals surface area contributed by atoms with E-state index in [0.717, 1.165) is 64.5 Å². The molecule has 1 aliphatic carbocycles. The molecule has 0 N–H and O–H groups in total. The maximum absolute atomic E-state index is 9.87. The van der Waals surface area contributed by atoms with Gasteiger partial charge in [0.25, 0.3) is 0 Å². The summed E-state index contributed by atoms with van der Waals surface area (Å²) in [7, 11) is 1.66. The van der Waals surface area contributed by atoms with E-state index < -0.39 is 0 Å². The molecule has 0 fully saturated rings. The van der Waals surface area contributed by atoms with Crippen LogP contribution in [0.4, 0.5) is 0 Å². The fraction of sp³-hybridized carbons (Fsp3) is 0.300. The molecule has 0 atom stereocenters. The van der Waals surface area contributed by atoms with Gasteiger partial charge < -0.3 is 13.8 Å². The van der Waals surface area contributed by atoms with Crippen molar-refractivity contribution in [1.29, 1.82) is 5.26 Å². The summed E-state index contributed by atoms with van der Waals surface area (Å²) < 4.78 is 12.9. The van der Waals surface area contributed by atoms with Crippen molar-refractivity contribution in [3.8, 4) is 28.8 Å². The van der Waals surface area contributed by atoms with Gasteiger partial charge in [-0.1, -0.05) is 5.16 Å². The molecule has 3 aromatic rings. The Labute approximate surface area is 146 Å². The first-order valence-corrected chi connectivity index (χ1v) is 8.40. The van der Waals surface area contributed by atoms with Crippen LogP contribution in [-0.2, 0) is 12.8 Å². The lowest BCUT2D eigenvalue weighted by atomic mass is 10.0. The Balaban J connectivity index is 2.05. The minimum atomic E-state index is 0.736. The number of nitriles is 1. The van der Waals surface area contributed by atoms with Crippen molar-refractivity contribution in [3.63, 3.8) is 0 Å². The molecule has 4 rings (SSSR count). The SMILES string of the molecule is COc1ccc(-n2c3c(c(C#N)c2-c2c(C)noc2C)CCC3)cc1. The predicted octanol–water partition coefficient (Wildman–Crippen LogP) is 4.12. The van der Waals surface area contributed by atoms with Gasteiger partial charge in [-0.25, -0.2) is 0 Å². The zero-order chi connectivity index (χ0) is 17.6. The van der Waals surface area contributed by atoms with Crippen LogP contribution in [0.25, 0.3) is 16.9 Å². The summed E-state index contributed by atoms with van der Waals surface area (Å²) in [6, 6.07) is 10.4. The van der Waals surface area contributed by atoms with Crippen molar-refractivity contribution in [2.24, 2.45) is 0 Å². The maximum Gasteiger partial charge on any atom is 0.143 e. The van der Waals surface area contributed by atoms with E-state index in [9.17, 15) is 5.26 Å². The molecule has 0 spiro atoms. The molecule has 0 saturated carbocycles. The Kier molecular flexibility index (Phi) is 3.61. The highest BCUT2D eigenvalue weighted by Crippen LogP contribution is 2.41. The van der Waals surface area contributed by atoms with Crippen LogP contribution in [0.3, 0.4) is 0 Å². The molecule has 126 valence electrons. The summed E-state index contributed by atoms with van der Waals surface area (Å²) in [6.45, 7) is 3.82. The minimum Gasteiger partial charge on any atom is -0.497 e. The maximum atomic E-state index is 9.87. The Hall–Kier alpha value is -3.00. The molecule has 1 aliphatic rings. The van der Waals surface area contributed by atoms with Crippen molar-refractivity contribution < 1.29 is 9.26 Å². The molecular weight excluding hydrogens is 314 g/mol. The topological polar surface area (TPSA) is 64.0 Å². The van der Waals surface area contributed by atoms with Gasteiger partial charge in [-0.05, 0) is 62.9 Å². The number of methoxy groups -OCH3 is 1. The molecule has 25 heavy (non-hydrogen) atoms. The van der Waals surface area contributed by atoms with Gasteiger partial charge in [-0.2, -0.15) is 5.26 Å². The average Bonchev–Trinajstić information content (AvgIpc) is 3.29. The lowest BCUT2D eigenvalue weighted by molar-refractivity contribution is 0.393. The van der Waals surface area contributed by atoms with E-state index >= 15 is 0 Å². The molecule has 0 radical (unpaired) electrons. The van der Waals surface area contributed by atoms with E-state index in [2.05, 4.69) is 15.8 Å². The van der Waals surface area contributed by atoms with Crippen molar-refractivity contribution in [3.05, 3.63) is 52.5 Å². The molecule has 0 aliphatic heterocycles. The van der Waals surface area contributed by atoms with Crippen LogP contribution in [0.1, 0.15) is 34.7 Å². The van der Waals surface area contributed by atoms with Crippen molar-refractivity contribution in [2.75, 3.05) is 7.11 Å². The van der Waals surface area contributed by atoms with Crippen molar-refractivity contribution in [2.45, 2.75) is 33.1 Å². The summed E-state index contributed by atoms with van der Waals surface area (Å²) >= 11 is 0. The normalized spacial score (nSPS) is 12.9. The summed E-state index contributed by atoms with van der Waals surface area (Å²) in [5.41, 5.74) is 6.77. The minimum absolute atomic E-state index is 0.736. The van der Waals surface area contributed by atoms with E-state index in [4.69, 9.17) is 9.26 Å². The van der Waals surface area contributed by atoms with Crippen LogP contribution in [0, 0.1) is 25.2 Å². The third-order valence-corrected chi connectivity index (χ3v) is 4.93. The summed E-state index contributed by atoms with van der Waals surface area (Å²) in [4.78, 5) is 0. The van der Waals surface area contributed by atoms with Gasteiger partial charge in [0.15, 0.2) is 0 Å². The highest BCUT2D eigenvalue weighted by atomic mass is 16.5. The highest BCUT2D eigenvalue weighted by molar-refractivity contribution is 5.77. The fourth-order valence-corrected chi connectivity index (χ4v) is 3.83. The van der Waals surface area contributed by atoms with Crippen LogP contribution in [0.15, 0.2) is 28.8 Å². The Morgan fingerprint density at radius 2 is 1.96 bits per heavy atom. The van der Waals surface area contributed by atoms with Gasteiger partial charge in [-0.3, -0.25) is 0 Å². The van der Waals surface area contributed by atoms with E-state index in [1.807, 2.05) is 38.1 Å². The lowest BCUT2D eigenvalue weighted by Crippen LogP contribution is -2.03. The number of hydrogen-bond acceptors (Lipinski definition) is 4. The van der Waals surface area contributed by atoms with Gasteiger partial charge in [0.2, 0.25) is 0 Å². The third-order valence-electron chi connectivity index (χ3n) is 4.93. The number of hydrogen-bond donors (Lipinski definition) is 0. The zero-order valence-electron chi connectivity index (χ0n) is 14.6. The van der Waals surface area contributed by atoms with E-state index in [1.165, 1.54) is 5.69 Å². The first-order valence-electron chi connectivity index (χ1n) is 8.40. The number of aromatic nitrogens is 2. The molecule has 5 heteroatoms. The van der Waals surface area contributed by atoms with Crippen LogP contribution < -0.4 is 4.74 Å². The van der Waals surface area contributed by atoms with Crippen molar-refractivity contribution >= 4 is 0 Å². The number of aryl methyl sites for hydroxylation is 2. The molecule has 0 bridgehead atoms. The number of nitrogens with zero attached hydrogens (tertiary/aromatic N) is 3. The smallest absolute Gasteiger partial charge is 0.143 e. The second-order valence-electron chi connectivity index (χ2n) is 6.35. The summed E-state index contributed by atoms with van der Waals surface area (Å²) in [5.74, 6) is 1.55.